The molecule has 0 unspecified atom stereocenters. The lowest BCUT2D eigenvalue weighted by molar-refractivity contribution is -0.120. The van der Waals surface area contributed by atoms with Crippen LogP contribution in [-0.4, -0.2) is 31.1 Å². The van der Waals surface area contributed by atoms with Gasteiger partial charge in [0, 0.05) is 12.1 Å². The van der Waals surface area contributed by atoms with E-state index in [-0.39, 0.29) is 4.90 Å². The number of rotatable bonds is 4. The van der Waals surface area contributed by atoms with Crippen molar-refractivity contribution in [1.82, 2.24) is 4.98 Å². The maximum absolute atomic E-state index is 13.5. The number of carbonyl (C=O) groups is 1. The lowest BCUT2D eigenvalue weighted by Gasteiger charge is -2.31. The molecule has 0 bridgehead atoms. The van der Waals surface area contributed by atoms with Crippen molar-refractivity contribution < 1.29 is 13.2 Å². The Morgan fingerprint density at radius 1 is 1.11 bits per heavy atom. The number of thiazole rings is 1. The monoisotopic (exact) mass is 434 g/mol. The molecule has 0 saturated heterocycles. The fraction of sp³-hybridized carbons (Fsp3) is 0.300. The molecule has 1 aliphatic rings. The molecule has 0 spiro atoms. The molecule has 8 heteroatoms. The van der Waals surface area contributed by atoms with Gasteiger partial charge in [0.2, 0.25) is 5.91 Å². The van der Waals surface area contributed by atoms with Gasteiger partial charge in [-0.3, -0.25) is 9.69 Å². The van der Waals surface area contributed by atoms with E-state index in [1.807, 2.05) is 24.3 Å². The first-order chi connectivity index (χ1) is 13.3. The van der Waals surface area contributed by atoms with Crippen LogP contribution < -0.4 is 4.90 Å². The normalized spacial score (nSPS) is 16.4. The third-order valence-electron chi connectivity index (χ3n) is 5.31. The fourth-order valence-corrected chi connectivity index (χ4v) is 6.97. The van der Waals surface area contributed by atoms with Crippen LogP contribution >= 0.6 is 22.9 Å². The molecule has 0 atom stereocenters. The fourth-order valence-electron chi connectivity index (χ4n) is 3.78. The van der Waals surface area contributed by atoms with Crippen LogP contribution in [0, 0.1) is 0 Å². The van der Waals surface area contributed by atoms with Crippen LogP contribution in [0.4, 0.5) is 5.13 Å². The van der Waals surface area contributed by atoms with Gasteiger partial charge in [0.25, 0.3) is 0 Å². The molecule has 0 aliphatic heterocycles. The molecule has 28 heavy (non-hydrogen) atoms. The summed E-state index contributed by atoms with van der Waals surface area (Å²) in [6, 6.07) is 13.6. The SMILES string of the molecule is CN(C(=O)C1(S(=O)(=O)c2ccc(Cl)cc2)CCCC1)c1nc2ccccc2s1. The highest BCUT2D eigenvalue weighted by molar-refractivity contribution is 7.93. The number of hydrogen-bond acceptors (Lipinski definition) is 5. The number of benzene rings is 2. The number of aromatic nitrogens is 1. The van der Waals surface area contributed by atoms with Crippen LogP contribution in [0.5, 0.6) is 0 Å². The second kappa shape index (κ2) is 7.13. The molecular formula is C20H19ClN2O3S2. The largest absolute Gasteiger partial charge is 0.290 e. The zero-order valence-corrected chi connectivity index (χ0v) is 17.6. The molecule has 2 aromatic carbocycles. The van der Waals surface area contributed by atoms with Crippen molar-refractivity contribution in [2.75, 3.05) is 11.9 Å². The third-order valence-corrected chi connectivity index (χ3v) is 9.18. The van der Waals surface area contributed by atoms with Gasteiger partial charge < -0.3 is 0 Å². The Bertz CT molecular complexity index is 1100. The topological polar surface area (TPSA) is 67.3 Å². The third kappa shape index (κ3) is 3.02. The number of halogens is 1. The number of carbonyl (C=O) groups excluding carboxylic acids is 1. The Kier molecular flexibility index (Phi) is 4.93. The molecule has 1 aromatic heterocycles. The Balaban J connectivity index is 1.76. The van der Waals surface area contributed by atoms with Gasteiger partial charge in [-0.15, -0.1) is 0 Å². The quantitative estimate of drug-likeness (QED) is 0.596. The molecule has 146 valence electrons. The summed E-state index contributed by atoms with van der Waals surface area (Å²) in [7, 11) is -2.26. The standard InChI is InChI=1S/C20H19ClN2O3S2/c1-23(19-22-16-6-2-3-7-17(16)27-19)18(24)20(12-4-5-13-20)28(25,26)15-10-8-14(21)9-11-15/h2-3,6-11H,4-5,12-13H2,1H3. The highest BCUT2D eigenvalue weighted by atomic mass is 35.5. The van der Waals surface area contributed by atoms with Crippen LogP contribution in [-0.2, 0) is 14.6 Å². The van der Waals surface area contributed by atoms with Crippen molar-refractivity contribution in [1.29, 1.82) is 0 Å². The van der Waals surface area contributed by atoms with E-state index < -0.39 is 20.5 Å². The number of fused-ring (bicyclic) bond motifs is 1. The number of sulfone groups is 1. The molecule has 1 amide bonds. The van der Waals surface area contributed by atoms with Crippen LogP contribution in [0.15, 0.2) is 53.4 Å². The van der Waals surface area contributed by atoms with Crippen molar-refractivity contribution in [3.05, 3.63) is 53.6 Å². The first-order valence-electron chi connectivity index (χ1n) is 8.99. The van der Waals surface area contributed by atoms with E-state index in [4.69, 9.17) is 11.6 Å². The smallest absolute Gasteiger partial charge is 0.250 e. The molecule has 1 aliphatic carbocycles. The van der Waals surface area contributed by atoms with Gasteiger partial charge in [-0.25, -0.2) is 13.4 Å². The summed E-state index contributed by atoms with van der Waals surface area (Å²) < 4.78 is 26.5. The molecule has 5 nitrogen and oxygen atoms in total. The number of para-hydroxylation sites is 1. The maximum atomic E-state index is 13.5. The van der Waals surface area contributed by atoms with Gasteiger partial charge in [0.05, 0.1) is 15.1 Å². The summed E-state index contributed by atoms with van der Waals surface area (Å²) in [5, 5.41) is 0.959. The van der Waals surface area contributed by atoms with Crippen molar-refractivity contribution in [2.45, 2.75) is 35.3 Å². The zero-order valence-electron chi connectivity index (χ0n) is 15.3. The predicted molar refractivity (Wildman–Crippen MR) is 113 cm³/mol. The summed E-state index contributed by atoms with van der Waals surface area (Å²) in [4.78, 5) is 19.6. The van der Waals surface area contributed by atoms with E-state index in [2.05, 4.69) is 4.98 Å². The average Bonchev–Trinajstić information content (AvgIpc) is 3.35. The van der Waals surface area contributed by atoms with E-state index in [1.54, 1.807) is 19.2 Å². The minimum Gasteiger partial charge on any atom is -0.290 e. The van der Waals surface area contributed by atoms with Crippen molar-refractivity contribution >= 4 is 54.0 Å². The minimum absolute atomic E-state index is 0.129. The molecule has 0 radical (unpaired) electrons. The lowest BCUT2D eigenvalue weighted by Crippen LogP contribution is -2.51. The average molecular weight is 435 g/mol. The van der Waals surface area contributed by atoms with Gasteiger partial charge in [-0.05, 0) is 49.2 Å². The van der Waals surface area contributed by atoms with Gasteiger partial charge in [-0.2, -0.15) is 0 Å². The van der Waals surface area contributed by atoms with Crippen LogP contribution in [0.2, 0.25) is 5.02 Å². The molecule has 1 heterocycles. The van der Waals surface area contributed by atoms with Gasteiger partial charge in [-0.1, -0.05) is 47.9 Å². The summed E-state index contributed by atoms with van der Waals surface area (Å²) in [6.45, 7) is 0. The van der Waals surface area contributed by atoms with Crippen LogP contribution in [0.1, 0.15) is 25.7 Å². The number of amides is 1. The van der Waals surface area contributed by atoms with E-state index >= 15 is 0 Å². The molecular weight excluding hydrogens is 416 g/mol. The van der Waals surface area contributed by atoms with Crippen molar-refractivity contribution in [3.8, 4) is 0 Å². The Hall–Kier alpha value is -1.96. The second-order valence-electron chi connectivity index (χ2n) is 6.99. The van der Waals surface area contributed by atoms with Gasteiger partial charge in [0.1, 0.15) is 0 Å². The number of hydrogen-bond donors (Lipinski definition) is 0. The van der Waals surface area contributed by atoms with Crippen molar-refractivity contribution in [2.24, 2.45) is 0 Å². The highest BCUT2D eigenvalue weighted by Crippen LogP contribution is 2.43. The maximum Gasteiger partial charge on any atom is 0.250 e. The van der Waals surface area contributed by atoms with E-state index in [0.717, 1.165) is 10.2 Å². The second-order valence-corrected chi connectivity index (χ2v) is 10.7. The van der Waals surface area contributed by atoms with Crippen molar-refractivity contribution in [3.63, 3.8) is 0 Å². The Labute approximate surface area is 172 Å². The lowest BCUT2D eigenvalue weighted by atomic mass is 10.1. The number of nitrogens with zero attached hydrogens (tertiary/aromatic N) is 2. The summed E-state index contributed by atoms with van der Waals surface area (Å²) >= 11 is 7.29. The zero-order chi connectivity index (χ0) is 19.9. The van der Waals surface area contributed by atoms with E-state index in [1.165, 1.54) is 28.4 Å². The summed E-state index contributed by atoms with van der Waals surface area (Å²) in [5.74, 6) is -0.418. The summed E-state index contributed by atoms with van der Waals surface area (Å²) in [5.41, 5.74) is 0.795. The minimum atomic E-state index is -3.87. The van der Waals surface area contributed by atoms with Gasteiger partial charge >= 0.3 is 0 Å². The molecule has 3 aromatic rings. The molecule has 1 fully saturated rings. The summed E-state index contributed by atoms with van der Waals surface area (Å²) in [6.07, 6.45) is 2.02. The number of anilines is 1. The molecule has 1 saturated carbocycles. The molecule has 0 N–H and O–H groups in total. The van der Waals surface area contributed by atoms with Crippen LogP contribution in [0.25, 0.3) is 10.2 Å². The Morgan fingerprint density at radius 3 is 2.39 bits per heavy atom. The predicted octanol–water partition coefficient (Wildman–Crippen LogP) is 4.70. The van der Waals surface area contributed by atoms with E-state index in [9.17, 15) is 13.2 Å². The first-order valence-corrected chi connectivity index (χ1v) is 11.7. The highest BCUT2D eigenvalue weighted by Gasteiger charge is 2.54. The van der Waals surface area contributed by atoms with Gasteiger partial charge in [0.15, 0.2) is 19.7 Å². The van der Waals surface area contributed by atoms with Crippen LogP contribution in [0.3, 0.4) is 0 Å². The molecule has 4 rings (SSSR count). The first kappa shape index (κ1) is 19.4. The van der Waals surface area contributed by atoms with E-state index in [0.29, 0.717) is 35.8 Å². The Morgan fingerprint density at radius 2 is 1.75 bits per heavy atom.